The largest absolute Gasteiger partial charge is 0.481 e. The molecule has 0 atom stereocenters. The summed E-state index contributed by atoms with van der Waals surface area (Å²) in [6.45, 7) is 1.95. The molecule has 0 spiro atoms. The summed E-state index contributed by atoms with van der Waals surface area (Å²) in [7, 11) is 0. The molecule has 1 aromatic rings. The van der Waals surface area contributed by atoms with Crippen molar-refractivity contribution in [2.45, 2.75) is 13.8 Å². The molecule has 0 amide bonds. The molecule has 0 unspecified atom stereocenters. The quantitative estimate of drug-likeness (QED) is 0.507. The number of hydrogen-bond acceptors (Lipinski definition) is 2. The Kier molecular flexibility index (Phi) is 4.02. The summed E-state index contributed by atoms with van der Waals surface area (Å²) in [6.07, 6.45) is 0. The van der Waals surface area contributed by atoms with Crippen LogP contribution in [0.5, 0.6) is 0 Å². The molecular weight excluding hydrogens is 273 g/mol. The number of halogens is 5. The summed E-state index contributed by atoms with van der Waals surface area (Å²) in [5.41, 5.74) is -2.69. The molecule has 8 heteroatoms. The molecule has 0 bridgehead atoms. The minimum absolute atomic E-state index is 0.513. The molecule has 1 aromatic carbocycles. The molecule has 0 radical (unpaired) electrons. The second-order valence-corrected chi connectivity index (χ2v) is 4.49. The van der Waals surface area contributed by atoms with Gasteiger partial charge in [-0.15, -0.1) is 0 Å². The van der Waals surface area contributed by atoms with Gasteiger partial charge in [-0.05, 0) is 13.8 Å². The molecule has 0 aromatic heterocycles. The first kappa shape index (κ1) is 15.2. The van der Waals surface area contributed by atoms with E-state index in [0.717, 1.165) is 0 Å². The predicted octanol–water partition coefficient (Wildman–Crippen LogP) is 2.90. The first-order valence-electron chi connectivity index (χ1n) is 5.08. The topological polar surface area (TPSA) is 49.3 Å². The van der Waals surface area contributed by atoms with E-state index in [0.29, 0.717) is 0 Å². The van der Waals surface area contributed by atoms with Crippen LogP contribution in [0.3, 0.4) is 0 Å². The second-order valence-electron chi connectivity index (χ2n) is 4.49. The van der Waals surface area contributed by atoms with E-state index < -0.39 is 52.7 Å². The molecule has 0 aliphatic heterocycles. The Morgan fingerprint density at radius 1 is 1.00 bits per heavy atom. The van der Waals surface area contributed by atoms with Crippen molar-refractivity contribution in [3.05, 3.63) is 29.1 Å². The smallest absolute Gasteiger partial charge is 0.310 e. The summed E-state index contributed by atoms with van der Waals surface area (Å²) < 4.78 is 65.0. The van der Waals surface area contributed by atoms with Crippen LogP contribution in [0.2, 0.25) is 0 Å². The highest BCUT2D eigenvalue weighted by atomic mass is 19.2. The van der Waals surface area contributed by atoms with Crippen LogP contribution in [0.1, 0.15) is 13.8 Å². The highest BCUT2D eigenvalue weighted by molar-refractivity contribution is 5.74. The van der Waals surface area contributed by atoms with Gasteiger partial charge in [-0.1, -0.05) is 0 Å². The van der Waals surface area contributed by atoms with Gasteiger partial charge in [-0.3, -0.25) is 4.79 Å². The lowest BCUT2D eigenvalue weighted by Crippen LogP contribution is -2.32. The zero-order valence-corrected chi connectivity index (χ0v) is 9.95. The first-order valence-corrected chi connectivity index (χ1v) is 5.08. The molecule has 0 aliphatic carbocycles. The van der Waals surface area contributed by atoms with E-state index in [4.69, 9.17) is 5.11 Å². The van der Waals surface area contributed by atoms with Crippen LogP contribution in [0.25, 0.3) is 0 Å². The molecule has 0 aliphatic rings. The average Bonchev–Trinajstić information content (AvgIpc) is 2.33. The Balaban J connectivity index is 3.13. The summed E-state index contributed by atoms with van der Waals surface area (Å²) in [6, 6.07) is 0. The van der Waals surface area contributed by atoms with Crippen LogP contribution in [-0.2, 0) is 4.79 Å². The van der Waals surface area contributed by atoms with Gasteiger partial charge >= 0.3 is 5.97 Å². The highest BCUT2D eigenvalue weighted by Crippen LogP contribution is 2.28. The minimum Gasteiger partial charge on any atom is -0.481 e. The molecule has 0 saturated heterocycles. The lowest BCUT2D eigenvalue weighted by Gasteiger charge is -2.21. The van der Waals surface area contributed by atoms with Gasteiger partial charge in [0.1, 0.15) is 5.69 Å². The summed E-state index contributed by atoms with van der Waals surface area (Å²) in [5, 5.41) is 10.7. The summed E-state index contributed by atoms with van der Waals surface area (Å²) in [4.78, 5) is 10.8. The summed E-state index contributed by atoms with van der Waals surface area (Å²) >= 11 is 0. The number of hydrogen-bond donors (Lipinski definition) is 2. The fourth-order valence-electron chi connectivity index (χ4n) is 1.15. The number of benzene rings is 1. The van der Waals surface area contributed by atoms with Crippen molar-refractivity contribution in [1.82, 2.24) is 0 Å². The molecular formula is C11H10F5NO2. The van der Waals surface area contributed by atoms with Gasteiger partial charge < -0.3 is 10.4 Å². The number of nitrogens with one attached hydrogen (secondary N) is 1. The van der Waals surface area contributed by atoms with Crippen molar-refractivity contribution in [2.24, 2.45) is 5.41 Å². The monoisotopic (exact) mass is 283 g/mol. The van der Waals surface area contributed by atoms with E-state index in [2.05, 4.69) is 0 Å². The maximum absolute atomic E-state index is 13.2. The van der Waals surface area contributed by atoms with Crippen molar-refractivity contribution in [3.63, 3.8) is 0 Å². The Morgan fingerprint density at radius 3 is 1.74 bits per heavy atom. The molecule has 0 heterocycles. The van der Waals surface area contributed by atoms with Crippen molar-refractivity contribution in [2.75, 3.05) is 11.9 Å². The van der Waals surface area contributed by atoms with E-state index in [1.54, 1.807) is 0 Å². The molecule has 19 heavy (non-hydrogen) atoms. The fraction of sp³-hybridized carbons (Fsp3) is 0.364. The van der Waals surface area contributed by atoms with Crippen LogP contribution in [0.4, 0.5) is 27.6 Å². The van der Waals surface area contributed by atoms with Crippen molar-refractivity contribution in [3.8, 4) is 0 Å². The Bertz CT molecular complexity index is 501. The van der Waals surface area contributed by atoms with Gasteiger partial charge in [0.05, 0.1) is 5.41 Å². The van der Waals surface area contributed by atoms with Gasteiger partial charge in [0.25, 0.3) is 0 Å². The van der Waals surface area contributed by atoms with Gasteiger partial charge in [0, 0.05) is 6.54 Å². The molecule has 1 rings (SSSR count). The molecule has 3 nitrogen and oxygen atoms in total. The van der Waals surface area contributed by atoms with Crippen molar-refractivity contribution >= 4 is 11.7 Å². The lowest BCUT2D eigenvalue weighted by molar-refractivity contribution is -0.146. The molecule has 2 N–H and O–H groups in total. The van der Waals surface area contributed by atoms with Crippen LogP contribution < -0.4 is 5.32 Å². The van der Waals surface area contributed by atoms with E-state index in [-0.39, 0.29) is 0 Å². The third-order valence-electron chi connectivity index (χ3n) is 2.50. The van der Waals surface area contributed by atoms with Crippen molar-refractivity contribution < 1.29 is 31.9 Å². The third kappa shape index (κ3) is 2.77. The van der Waals surface area contributed by atoms with E-state index >= 15 is 0 Å². The predicted molar refractivity (Wildman–Crippen MR) is 56.1 cm³/mol. The Hall–Kier alpha value is -1.86. The molecule has 106 valence electrons. The lowest BCUT2D eigenvalue weighted by atomic mass is 9.94. The minimum atomic E-state index is -2.27. The highest BCUT2D eigenvalue weighted by Gasteiger charge is 2.30. The maximum Gasteiger partial charge on any atom is 0.310 e. The number of carbonyl (C=O) groups is 1. The van der Waals surface area contributed by atoms with Gasteiger partial charge in [-0.2, -0.15) is 0 Å². The number of carboxylic acids is 1. The fourth-order valence-corrected chi connectivity index (χ4v) is 1.15. The second kappa shape index (κ2) is 5.02. The van der Waals surface area contributed by atoms with Crippen LogP contribution in [-0.4, -0.2) is 17.6 Å². The molecule has 0 saturated carbocycles. The number of rotatable bonds is 4. The third-order valence-corrected chi connectivity index (χ3v) is 2.50. The first-order chi connectivity index (χ1) is 8.59. The normalized spacial score (nSPS) is 11.5. The van der Waals surface area contributed by atoms with Gasteiger partial charge in [0.15, 0.2) is 23.3 Å². The zero-order chi connectivity index (χ0) is 15.0. The number of anilines is 1. The Labute approximate surface area is 105 Å². The summed E-state index contributed by atoms with van der Waals surface area (Å²) in [5.74, 6) is -11.8. The van der Waals surface area contributed by atoms with E-state index in [1.165, 1.54) is 13.8 Å². The average molecular weight is 283 g/mol. The van der Waals surface area contributed by atoms with Gasteiger partial charge in [-0.25, -0.2) is 22.0 Å². The standard InChI is InChI=1S/C11H10F5NO2/c1-11(2,10(18)19)3-17-9-7(15)5(13)4(12)6(14)8(9)16/h17H,3H2,1-2H3,(H,18,19). The van der Waals surface area contributed by atoms with Gasteiger partial charge in [0.2, 0.25) is 5.82 Å². The SMILES string of the molecule is CC(C)(CNc1c(F)c(F)c(F)c(F)c1F)C(=O)O. The van der Waals surface area contributed by atoms with Crippen LogP contribution in [0.15, 0.2) is 0 Å². The van der Waals surface area contributed by atoms with Crippen molar-refractivity contribution in [1.29, 1.82) is 0 Å². The molecule has 0 fully saturated rings. The van der Waals surface area contributed by atoms with Crippen LogP contribution >= 0.6 is 0 Å². The maximum atomic E-state index is 13.2. The van der Waals surface area contributed by atoms with E-state index in [1.807, 2.05) is 5.32 Å². The van der Waals surface area contributed by atoms with Crippen LogP contribution in [0, 0.1) is 34.5 Å². The van der Waals surface area contributed by atoms with E-state index in [9.17, 15) is 26.7 Å². The number of carboxylic acid groups (broad SMARTS) is 1. The Morgan fingerprint density at radius 2 is 1.37 bits per heavy atom. The number of aliphatic carboxylic acids is 1. The zero-order valence-electron chi connectivity index (χ0n) is 9.95.